The Labute approximate surface area is 209 Å². The molecule has 5 heteroatoms. The van der Waals surface area contributed by atoms with Crippen LogP contribution in [0.1, 0.15) is 83.6 Å². The average Bonchev–Trinajstić information content (AvgIpc) is 3.19. The third-order valence-electron chi connectivity index (χ3n) is 10.3. The number of nitro groups is 1. The number of hydrogen-bond donors (Lipinski definition) is 0. The zero-order chi connectivity index (χ0) is 24.5. The number of nitro benzene ring substituents is 1. The number of nitrogens with zero attached hydrogens (tertiary/aromatic N) is 3. The summed E-state index contributed by atoms with van der Waals surface area (Å²) in [6.45, 7) is 5.13. The van der Waals surface area contributed by atoms with Gasteiger partial charge in [-0.15, -0.1) is 0 Å². The molecule has 6 atom stereocenters. The van der Waals surface area contributed by atoms with Gasteiger partial charge >= 0.3 is 0 Å². The van der Waals surface area contributed by atoms with Crippen molar-refractivity contribution < 1.29 is 4.92 Å². The molecule has 0 spiro atoms. The minimum Gasteiger partial charge on any atom is -0.258 e. The summed E-state index contributed by atoms with van der Waals surface area (Å²) in [5, 5.41) is 19.9. The summed E-state index contributed by atoms with van der Waals surface area (Å²) in [6, 6.07) is 6.53. The van der Waals surface area contributed by atoms with Crippen molar-refractivity contribution in [3.05, 3.63) is 58.2 Å². The van der Waals surface area contributed by atoms with Gasteiger partial charge in [-0.1, -0.05) is 44.9 Å². The Kier molecular flexibility index (Phi) is 6.78. The standard InChI is InChI=1S/C30H39N3O2/c1-29-19-6-5-9-23(29)12-15-25-26-16-17-28(30(26,2)20-18-27(25)29)32-31-21-7-3-4-8-22-10-13-24(14-11-22)33(34)35/h3-4,7-8,10-11,13-14,21,23,25-27H,5-6,9,12,15-20H2,1-2H3/b7-3+,8-4+,31-21+,32-28+/t23-,25?,26?,27?,29+,30+/m0/s1. The van der Waals surface area contributed by atoms with E-state index >= 15 is 0 Å². The molecule has 4 aliphatic rings. The number of allylic oxidation sites excluding steroid dienone is 3. The molecule has 0 radical (unpaired) electrons. The fourth-order valence-electron chi connectivity index (χ4n) is 8.38. The lowest BCUT2D eigenvalue weighted by atomic mass is 9.45. The van der Waals surface area contributed by atoms with Gasteiger partial charge in [0, 0.05) is 29.5 Å². The number of non-ortho nitro benzene ring substituents is 1. The molecular weight excluding hydrogens is 434 g/mol. The minimum absolute atomic E-state index is 0.108. The zero-order valence-electron chi connectivity index (χ0n) is 21.2. The quantitative estimate of drug-likeness (QED) is 0.188. The van der Waals surface area contributed by atoms with Gasteiger partial charge in [-0.2, -0.15) is 10.2 Å². The molecule has 4 fully saturated rings. The first-order chi connectivity index (χ1) is 16.9. The van der Waals surface area contributed by atoms with Crippen LogP contribution in [-0.4, -0.2) is 16.8 Å². The van der Waals surface area contributed by atoms with E-state index in [0.717, 1.165) is 35.7 Å². The van der Waals surface area contributed by atoms with Gasteiger partial charge in [-0.25, -0.2) is 0 Å². The summed E-state index contributed by atoms with van der Waals surface area (Å²) in [5.74, 6) is 3.57. The normalized spacial score (nSPS) is 38.2. The predicted octanol–water partition coefficient (Wildman–Crippen LogP) is 8.02. The number of rotatable bonds is 5. The first-order valence-electron chi connectivity index (χ1n) is 13.6. The second kappa shape index (κ2) is 9.83. The van der Waals surface area contributed by atoms with Crippen LogP contribution in [0.4, 0.5) is 5.69 Å². The van der Waals surface area contributed by atoms with Crippen LogP contribution in [0.15, 0.2) is 52.7 Å². The van der Waals surface area contributed by atoms with Crippen LogP contribution in [0.3, 0.4) is 0 Å². The highest BCUT2D eigenvalue weighted by Gasteiger charge is 2.58. The first kappa shape index (κ1) is 24.1. The molecule has 1 aromatic carbocycles. The molecule has 0 N–H and O–H groups in total. The van der Waals surface area contributed by atoms with Crippen molar-refractivity contribution in [3.63, 3.8) is 0 Å². The van der Waals surface area contributed by atoms with Crippen LogP contribution in [0, 0.1) is 44.6 Å². The van der Waals surface area contributed by atoms with Gasteiger partial charge in [-0.05, 0) is 104 Å². The van der Waals surface area contributed by atoms with Gasteiger partial charge in [0.2, 0.25) is 0 Å². The molecule has 4 aliphatic carbocycles. The molecule has 0 heterocycles. The molecule has 0 aliphatic heterocycles. The Bertz CT molecular complexity index is 1060. The molecule has 0 saturated heterocycles. The van der Waals surface area contributed by atoms with E-state index in [0.29, 0.717) is 5.41 Å². The smallest absolute Gasteiger partial charge is 0.258 e. The average molecular weight is 474 g/mol. The Balaban J connectivity index is 1.20. The largest absolute Gasteiger partial charge is 0.269 e. The van der Waals surface area contributed by atoms with Crippen molar-refractivity contribution >= 4 is 23.7 Å². The second-order valence-electron chi connectivity index (χ2n) is 11.8. The maximum Gasteiger partial charge on any atom is 0.269 e. The van der Waals surface area contributed by atoms with E-state index in [2.05, 4.69) is 18.9 Å². The third-order valence-corrected chi connectivity index (χ3v) is 10.3. The van der Waals surface area contributed by atoms with Gasteiger partial charge in [0.25, 0.3) is 5.69 Å². The summed E-state index contributed by atoms with van der Waals surface area (Å²) in [6.07, 6.45) is 23.2. The van der Waals surface area contributed by atoms with Crippen molar-refractivity contribution in [2.75, 3.05) is 0 Å². The van der Waals surface area contributed by atoms with Crippen molar-refractivity contribution in [1.82, 2.24) is 0 Å². The number of benzene rings is 1. The van der Waals surface area contributed by atoms with Gasteiger partial charge in [0.05, 0.1) is 4.92 Å². The molecule has 3 unspecified atom stereocenters. The molecule has 0 aromatic heterocycles. The van der Waals surface area contributed by atoms with E-state index in [1.807, 2.05) is 24.3 Å². The van der Waals surface area contributed by atoms with Crippen LogP contribution in [0.5, 0.6) is 0 Å². The van der Waals surface area contributed by atoms with Crippen LogP contribution in [-0.2, 0) is 0 Å². The van der Waals surface area contributed by atoms with Crippen molar-refractivity contribution in [2.24, 2.45) is 44.7 Å². The minimum atomic E-state index is -0.383. The first-order valence-corrected chi connectivity index (χ1v) is 13.6. The Morgan fingerprint density at radius 2 is 1.77 bits per heavy atom. The molecule has 0 amide bonds. The molecular formula is C30H39N3O2. The summed E-state index contributed by atoms with van der Waals surface area (Å²) in [7, 11) is 0. The fourth-order valence-corrected chi connectivity index (χ4v) is 8.38. The van der Waals surface area contributed by atoms with E-state index in [9.17, 15) is 10.1 Å². The summed E-state index contributed by atoms with van der Waals surface area (Å²) < 4.78 is 0. The summed E-state index contributed by atoms with van der Waals surface area (Å²) in [4.78, 5) is 10.4. The molecule has 35 heavy (non-hydrogen) atoms. The fraction of sp³-hybridized carbons (Fsp3) is 0.600. The van der Waals surface area contributed by atoms with Crippen LogP contribution in [0.25, 0.3) is 6.08 Å². The second-order valence-corrected chi connectivity index (χ2v) is 11.8. The SMILES string of the molecule is C[C@@]12CCC3C(CC[C@@H]4CCCC[C@@]34C)C1CC\C2=N/N=C/C=C/C=C/c1ccc([N+](=O)[O-])cc1. The molecule has 5 rings (SSSR count). The van der Waals surface area contributed by atoms with E-state index in [1.165, 1.54) is 75.6 Å². The highest BCUT2D eigenvalue weighted by molar-refractivity contribution is 5.92. The maximum atomic E-state index is 10.7. The number of hydrogen-bond acceptors (Lipinski definition) is 4. The molecule has 4 saturated carbocycles. The van der Waals surface area contributed by atoms with Gasteiger partial charge in [-0.3, -0.25) is 10.1 Å². The summed E-state index contributed by atoms with van der Waals surface area (Å²) >= 11 is 0. The van der Waals surface area contributed by atoms with E-state index in [-0.39, 0.29) is 16.0 Å². The van der Waals surface area contributed by atoms with Crippen molar-refractivity contribution in [1.29, 1.82) is 0 Å². The van der Waals surface area contributed by atoms with Crippen molar-refractivity contribution in [3.8, 4) is 0 Å². The van der Waals surface area contributed by atoms with E-state index < -0.39 is 0 Å². The Morgan fingerprint density at radius 3 is 2.57 bits per heavy atom. The van der Waals surface area contributed by atoms with E-state index in [4.69, 9.17) is 5.10 Å². The van der Waals surface area contributed by atoms with Crippen LogP contribution >= 0.6 is 0 Å². The zero-order valence-corrected chi connectivity index (χ0v) is 21.2. The van der Waals surface area contributed by atoms with Crippen molar-refractivity contribution in [2.45, 2.75) is 78.1 Å². The van der Waals surface area contributed by atoms with Gasteiger partial charge in [0.15, 0.2) is 0 Å². The van der Waals surface area contributed by atoms with Gasteiger partial charge < -0.3 is 0 Å². The van der Waals surface area contributed by atoms with Gasteiger partial charge in [0.1, 0.15) is 0 Å². The molecule has 186 valence electrons. The highest BCUT2D eigenvalue weighted by atomic mass is 16.6. The van der Waals surface area contributed by atoms with E-state index in [1.54, 1.807) is 18.3 Å². The lowest BCUT2D eigenvalue weighted by Crippen LogP contribution is -2.52. The Hall–Kier alpha value is -2.56. The molecule has 5 nitrogen and oxygen atoms in total. The monoisotopic (exact) mass is 473 g/mol. The third kappa shape index (κ3) is 4.54. The predicted molar refractivity (Wildman–Crippen MR) is 144 cm³/mol. The lowest BCUT2D eigenvalue weighted by molar-refractivity contribution is -0.384. The van der Waals surface area contributed by atoms with Crippen LogP contribution < -0.4 is 0 Å². The maximum absolute atomic E-state index is 10.7. The highest BCUT2D eigenvalue weighted by Crippen LogP contribution is 2.65. The Morgan fingerprint density at radius 1 is 0.943 bits per heavy atom. The van der Waals surface area contributed by atoms with Crippen LogP contribution in [0.2, 0.25) is 0 Å². The molecule has 0 bridgehead atoms. The summed E-state index contributed by atoms with van der Waals surface area (Å²) in [5.41, 5.74) is 3.18. The topological polar surface area (TPSA) is 67.9 Å². The number of fused-ring (bicyclic) bond motifs is 5. The molecule has 1 aromatic rings. The lowest BCUT2D eigenvalue weighted by Gasteiger charge is -2.59.